The molecule has 8 nitrogen and oxygen atoms in total. The van der Waals surface area contributed by atoms with Gasteiger partial charge in [0.05, 0.1) is 0 Å². The van der Waals surface area contributed by atoms with Gasteiger partial charge in [-0.25, -0.2) is 0 Å². The van der Waals surface area contributed by atoms with Gasteiger partial charge in [-0.1, -0.05) is 30.7 Å². The van der Waals surface area contributed by atoms with E-state index in [-0.39, 0.29) is 36.9 Å². The zero-order valence-corrected chi connectivity index (χ0v) is 24.8. The van der Waals surface area contributed by atoms with Gasteiger partial charge >= 0.3 is 11.9 Å². The van der Waals surface area contributed by atoms with Crippen molar-refractivity contribution in [1.82, 2.24) is 0 Å². The lowest BCUT2D eigenvalue weighted by Gasteiger charge is -2.54. The maximum Gasteiger partial charge on any atom is 0.304 e. The number of rotatable bonds is 8. The molecule has 5 rings (SSSR count). The second-order valence-corrected chi connectivity index (χ2v) is 12.5. The number of ketones is 2. The maximum atomic E-state index is 14.0. The number of carbonyl (C=O) groups excluding carboxylic acids is 4. The van der Waals surface area contributed by atoms with E-state index in [1.54, 1.807) is 0 Å². The van der Waals surface area contributed by atoms with Gasteiger partial charge in [0.1, 0.15) is 12.4 Å². The standard InChI is InChI=1S/C33H41NO7/c1-20(35)40-19-39-18-30(38)33(41-21(2)36)15-14-29-27-12-8-23-16-25(37)11-13-26(23)31(27)28(17-32(29,33)3)22-6-9-24(10-7-22)34(4)5/h6-10,27-29H,11-19H2,1-5H3/t27?,28?,29?,32-,33-/m0/s1. The Labute approximate surface area is 242 Å². The zero-order chi connectivity index (χ0) is 29.5. The first-order valence-corrected chi connectivity index (χ1v) is 14.6. The lowest BCUT2D eigenvalue weighted by Crippen LogP contribution is -2.58. The summed E-state index contributed by atoms with van der Waals surface area (Å²) >= 11 is 0. The molecule has 220 valence electrons. The normalized spacial score (nSPS) is 30.5. The number of hydrogen-bond donors (Lipinski definition) is 0. The van der Waals surface area contributed by atoms with E-state index in [2.05, 4.69) is 42.2 Å². The molecular formula is C33H41NO7. The summed E-state index contributed by atoms with van der Waals surface area (Å²) in [5, 5.41) is 0. The Bertz CT molecular complexity index is 1310. The zero-order valence-electron chi connectivity index (χ0n) is 24.8. The van der Waals surface area contributed by atoms with Crippen LogP contribution in [0.1, 0.15) is 77.2 Å². The smallest absolute Gasteiger partial charge is 0.304 e. The number of Topliss-reactive ketones (excluding diaryl/α,β-unsaturated/α-hetero) is 2. The third-order valence-corrected chi connectivity index (χ3v) is 9.99. The average Bonchev–Trinajstić information content (AvgIpc) is 3.22. The molecule has 8 heteroatoms. The number of hydrogen-bond acceptors (Lipinski definition) is 8. The summed E-state index contributed by atoms with van der Waals surface area (Å²) in [4.78, 5) is 52.2. The summed E-state index contributed by atoms with van der Waals surface area (Å²) in [7, 11) is 4.03. The van der Waals surface area contributed by atoms with Gasteiger partial charge in [-0.15, -0.1) is 0 Å². The van der Waals surface area contributed by atoms with E-state index in [1.165, 1.54) is 36.1 Å². The monoisotopic (exact) mass is 563 g/mol. The van der Waals surface area contributed by atoms with Crippen molar-refractivity contribution in [3.05, 3.63) is 52.6 Å². The van der Waals surface area contributed by atoms with Crippen molar-refractivity contribution in [2.75, 3.05) is 32.4 Å². The van der Waals surface area contributed by atoms with Gasteiger partial charge in [-0.2, -0.15) is 0 Å². The number of esters is 2. The summed E-state index contributed by atoms with van der Waals surface area (Å²) in [5.74, 6) is -0.662. The summed E-state index contributed by atoms with van der Waals surface area (Å²) < 4.78 is 16.4. The number of fused-ring (bicyclic) bond motifs is 4. The topological polar surface area (TPSA) is 99.2 Å². The predicted octanol–water partition coefficient (Wildman–Crippen LogP) is 5.06. The maximum absolute atomic E-state index is 14.0. The van der Waals surface area contributed by atoms with E-state index in [0.717, 1.165) is 24.9 Å². The number of allylic oxidation sites excluding steroid dienone is 4. The molecule has 3 unspecified atom stereocenters. The van der Waals surface area contributed by atoms with E-state index in [0.29, 0.717) is 31.5 Å². The van der Waals surface area contributed by atoms with Crippen molar-refractivity contribution in [2.24, 2.45) is 17.3 Å². The molecule has 3 saturated carbocycles. The molecule has 3 fully saturated rings. The van der Waals surface area contributed by atoms with Gasteiger partial charge in [0.15, 0.2) is 12.4 Å². The van der Waals surface area contributed by atoms with Gasteiger partial charge in [0, 0.05) is 57.8 Å². The van der Waals surface area contributed by atoms with Crippen molar-refractivity contribution in [2.45, 2.75) is 77.2 Å². The molecule has 5 atom stereocenters. The van der Waals surface area contributed by atoms with Crippen LogP contribution in [0.15, 0.2) is 47.1 Å². The Hall–Kier alpha value is -3.26. The minimum atomic E-state index is -1.34. The molecular weight excluding hydrogens is 522 g/mol. The van der Waals surface area contributed by atoms with Crippen molar-refractivity contribution < 1.29 is 33.4 Å². The molecule has 4 aliphatic carbocycles. The first-order chi connectivity index (χ1) is 19.5. The Balaban J connectivity index is 1.58. The Kier molecular flexibility index (Phi) is 7.99. The molecule has 0 aromatic heterocycles. The Morgan fingerprint density at radius 1 is 1.05 bits per heavy atom. The van der Waals surface area contributed by atoms with Crippen LogP contribution in [-0.4, -0.2) is 56.6 Å². The van der Waals surface area contributed by atoms with Crippen molar-refractivity contribution in [3.8, 4) is 0 Å². The van der Waals surface area contributed by atoms with Crippen LogP contribution in [0.25, 0.3) is 0 Å². The molecule has 1 aromatic rings. The van der Waals surface area contributed by atoms with Crippen LogP contribution in [0, 0.1) is 17.3 Å². The summed E-state index contributed by atoms with van der Waals surface area (Å²) in [6.45, 7) is 4.11. The van der Waals surface area contributed by atoms with E-state index in [9.17, 15) is 19.2 Å². The van der Waals surface area contributed by atoms with E-state index in [1.807, 2.05) is 14.1 Å². The largest absolute Gasteiger partial charge is 0.451 e. The average molecular weight is 564 g/mol. The van der Waals surface area contributed by atoms with Crippen LogP contribution in [0.4, 0.5) is 5.69 Å². The highest BCUT2D eigenvalue weighted by Crippen LogP contribution is 2.67. The lowest BCUT2D eigenvalue weighted by atomic mass is 9.51. The molecule has 0 amide bonds. The third-order valence-electron chi connectivity index (χ3n) is 9.99. The number of anilines is 1. The van der Waals surface area contributed by atoms with E-state index in [4.69, 9.17) is 14.2 Å². The first-order valence-electron chi connectivity index (χ1n) is 14.6. The van der Waals surface area contributed by atoms with Crippen LogP contribution in [0.2, 0.25) is 0 Å². The molecule has 0 saturated heterocycles. The van der Waals surface area contributed by atoms with Gasteiger partial charge in [0.2, 0.25) is 5.78 Å². The molecule has 0 bridgehead atoms. The fraction of sp³-hybridized carbons (Fsp3) is 0.576. The highest BCUT2D eigenvalue weighted by molar-refractivity contribution is 5.92. The second-order valence-electron chi connectivity index (χ2n) is 12.5. The van der Waals surface area contributed by atoms with Gasteiger partial charge in [0.25, 0.3) is 0 Å². The fourth-order valence-electron chi connectivity index (χ4n) is 8.19. The predicted molar refractivity (Wildman–Crippen MR) is 153 cm³/mol. The van der Waals surface area contributed by atoms with E-state index < -0.39 is 23.0 Å². The molecule has 0 spiro atoms. The molecule has 0 radical (unpaired) electrons. The number of benzene rings is 1. The SMILES string of the molecule is CC(=O)OCOCC(=O)[C@@]1(OC(C)=O)CCC2C3CC=C4CC(=O)CCC4=C3C(c3ccc(N(C)C)cc3)C[C@@]21C. The minimum Gasteiger partial charge on any atom is -0.451 e. The van der Waals surface area contributed by atoms with Crippen LogP contribution in [-0.2, 0) is 33.4 Å². The summed E-state index contributed by atoms with van der Waals surface area (Å²) in [6, 6.07) is 8.59. The van der Waals surface area contributed by atoms with Crippen LogP contribution < -0.4 is 4.90 Å². The quantitative estimate of drug-likeness (QED) is 0.246. The lowest BCUT2D eigenvalue weighted by molar-refractivity contribution is -0.188. The van der Waals surface area contributed by atoms with Gasteiger partial charge in [-0.05, 0) is 72.8 Å². The van der Waals surface area contributed by atoms with Crippen LogP contribution >= 0.6 is 0 Å². The second kappa shape index (κ2) is 11.2. The summed E-state index contributed by atoms with van der Waals surface area (Å²) in [6.07, 6.45) is 6.67. The van der Waals surface area contributed by atoms with Crippen LogP contribution in [0.5, 0.6) is 0 Å². The molecule has 0 heterocycles. The number of ether oxygens (including phenoxy) is 3. The Morgan fingerprint density at radius 2 is 1.78 bits per heavy atom. The molecule has 4 aliphatic rings. The molecule has 0 N–H and O–H groups in total. The van der Waals surface area contributed by atoms with Gasteiger partial charge < -0.3 is 19.1 Å². The van der Waals surface area contributed by atoms with Crippen molar-refractivity contribution >= 4 is 29.2 Å². The van der Waals surface area contributed by atoms with Crippen molar-refractivity contribution in [1.29, 1.82) is 0 Å². The molecule has 41 heavy (non-hydrogen) atoms. The Morgan fingerprint density at radius 3 is 2.44 bits per heavy atom. The van der Waals surface area contributed by atoms with Gasteiger partial charge in [-0.3, -0.25) is 19.2 Å². The molecule has 1 aromatic carbocycles. The molecule has 0 aliphatic heterocycles. The van der Waals surface area contributed by atoms with Crippen molar-refractivity contribution in [3.63, 3.8) is 0 Å². The minimum absolute atomic E-state index is 0.0205. The number of carbonyl (C=O) groups is 4. The first kappa shape index (κ1) is 29.2. The highest BCUT2D eigenvalue weighted by Gasteiger charge is 2.68. The van der Waals surface area contributed by atoms with E-state index >= 15 is 0 Å². The third kappa shape index (κ3) is 5.16. The van der Waals surface area contributed by atoms with Crippen LogP contribution in [0.3, 0.4) is 0 Å². The summed E-state index contributed by atoms with van der Waals surface area (Å²) in [5.41, 5.74) is 4.19. The fourth-order valence-corrected chi connectivity index (χ4v) is 8.19. The highest BCUT2D eigenvalue weighted by atomic mass is 16.7. The number of nitrogens with zero attached hydrogens (tertiary/aromatic N) is 1.